The van der Waals surface area contributed by atoms with Gasteiger partial charge >= 0.3 is 6.09 Å². The molecule has 1 heterocycles. The Morgan fingerprint density at radius 1 is 1.25 bits per heavy atom. The second-order valence-corrected chi connectivity index (χ2v) is 4.51. The number of hydrogen-bond donors (Lipinski definition) is 1. The summed E-state index contributed by atoms with van der Waals surface area (Å²) in [4.78, 5) is 25.4. The van der Waals surface area contributed by atoms with Crippen molar-refractivity contribution in [2.24, 2.45) is 0 Å². The standard InChI is InChI=1S/C14H18N2O4/c1-11(13(17)16-7-9-19-10-8-16)15-14(18)20-12-5-3-2-4-6-12/h2-6,11H,7-10H2,1H3,(H,15,18)/t11-/m0/s1. The zero-order valence-corrected chi connectivity index (χ0v) is 11.4. The van der Waals surface area contributed by atoms with Crippen LogP contribution < -0.4 is 10.1 Å². The van der Waals surface area contributed by atoms with E-state index in [0.717, 1.165) is 0 Å². The van der Waals surface area contributed by atoms with Gasteiger partial charge in [0, 0.05) is 13.1 Å². The van der Waals surface area contributed by atoms with Gasteiger partial charge in [0.05, 0.1) is 13.2 Å². The molecule has 0 aromatic heterocycles. The second-order valence-electron chi connectivity index (χ2n) is 4.51. The van der Waals surface area contributed by atoms with E-state index in [1.54, 1.807) is 36.1 Å². The number of amides is 2. The van der Waals surface area contributed by atoms with E-state index in [1.807, 2.05) is 6.07 Å². The van der Waals surface area contributed by atoms with Crippen LogP contribution in [0, 0.1) is 0 Å². The summed E-state index contributed by atoms with van der Waals surface area (Å²) in [6.07, 6.45) is -0.634. The summed E-state index contributed by atoms with van der Waals surface area (Å²) in [6, 6.07) is 8.09. The molecule has 0 aliphatic carbocycles. The van der Waals surface area contributed by atoms with Crippen molar-refractivity contribution < 1.29 is 19.1 Å². The highest BCUT2D eigenvalue weighted by Crippen LogP contribution is 2.08. The Balaban J connectivity index is 1.82. The molecule has 2 rings (SSSR count). The predicted octanol–water partition coefficient (Wildman–Crippen LogP) is 1.02. The summed E-state index contributed by atoms with van der Waals surface area (Å²) < 4.78 is 10.3. The van der Waals surface area contributed by atoms with E-state index in [1.165, 1.54) is 0 Å². The van der Waals surface area contributed by atoms with Gasteiger partial charge in [0.25, 0.3) is 0 Å². The molecule has 1 aromatic carbocycles. The molecule has 0 radical (unpaired) electrons. The van der Waals surface area contributed by atoms with Crippen LogP contribution in [0.4, 0.5) is 4.79 Å². The van der Waals surface area contributed by atoms with Gasteiger partial charge < -0.3 is 19.7 Å². The topological polar surface area (TPSA) is 67.9 Å². The van der Waals surface area contributed by atoms with Crippen molar-refractivity contribution in [3.05, 3.63) is 30.3 Å². The molecule has 0 saturated carbocycles. The lowest BCUT2D eigenvalue weighted by Gasteiger charge is -2.29. The molecule has 0 bridgehead atoms. The zero-order chi connectivity index (χ0) is 14.4. The SMILES string of the molecule is C[C@H](NC(=O)Oc1ccccc1)C(=O)N1CCOCC1. The summed E-state index contributed by atoms with van der Waals surface area (Å²) in [7, 11) is 0. The van der Waals surface area contributed by atoms with Crippen molar-refractivity contribution in [1.29, 1.82) is 0 Å². The van der Waals surface area contributed by atoms with E-state index in [4.69, 9.17) is 9.47 Å². The molecule has 1 aliphatic rings. The van der Waals surface area contributed by atoms with E-state index in [0.29, 0.717) is 32.1 Å². The number of carbonyl (C=O) groups is 2. The molecular formula is C14H18N2O4. The van der Waals surface area contributed by atoms with Crippen molar-refractivity contribution in [2.75, 3.05) is 26.3 Å². The Morgan fingerprint density at radius 3 is 2.55 bits per heavy atom. The van der Waals surface area contributed by atoms with Crippen LogP contribution in [-0.4, -0.2) is 49.2 Å². The molecule has 6 heteroatoms. The van der Waals surface area contributed by atoms with Gasteiger partial charge in [0.2, 0.25) is 5.91 Å². The molecule has 0 spiro atoms. The lowest BCUT2D eigenvalue weighted by atomic mass is 10.2. The number of nitrogens with one attached hydrogen (secondary N) is 1. The van der Waals surface area contributed by atoms with Gasteiger partial charge in [0.1, 0.15) is 11.8 Å². The molecule has 2 amide bonds. The lowest BCUT2D eigenvalue weighted by molar-refractivity contribution is -0.136. The van der Waals surface area contributed by atoms with Crippen molar-refractivity contribution >= 4 is 12.0 Å². The minimum absolute atomic E-state index is 0.127. The Labute approximate surface area is 117 Å². The van der Waals surface area contributed by atoms with E-state index in [9.17, 15) is 9.59 Å². The summed E-state index contributed by atoms with van der Waals surface area (Å²) in [6.45, 7) is 3.82. The van der Waals surface area contributed by atoms with Crippen LogP contribution in [-0.2, 0) is 9.53 Å². The van der Waals surface area contributed by atoms with Crippen molar-refractivity contribution in [2.45, 2.75) is 13.0 Å². The van der Waals surface area contributed by atoms with Crippen LogP contribution in [0.5, 0.6) is 5.75 Å². The molecule has 1 aromatic rings. The average molecular weight is 278 g/mol. The van der Waals surface area contributed by atoms with Crippen molar-refractivity contribution in [1.82, 2.24) is 10.2 Å². The van der Waals surface area contributed by atoms with Crippen LogP contribution in [0.15, 0.2) is 30.3 Å². The van der Waals surface area contributed by atoms with Crippen molar-refractivity contribution in [3.63, 3.8) is 0 Å². The molecule has 0 unspecified atom stereocenters. The molecule has 108 valence electrons. The Hall–Kier alpha value is -2.08. The highest BCUT2D eigenvalue weighted by atomic mass is 16.6. The summed E-state index contributed by atoms with van der Waals surface area (Å²) in [5, 5.41) is 2.53. The number of nitrogens with zero attached hydrogens (tertiary/aromatic N) is 1. The van der Waals surface area contributed by atoms with E-state index in [-0.39, 0.29) is 5.91 Å². The first kappa shape index (κ1) is 14.3. The monoisotopic (exact) mass is 278 g/mol. The summed E-state index contributed by atoms with van der Waals surface area (Å²) in [5.74, 6) is 0.314. The molecule has 1 saturated heterocycles. The van der Waals surface area contributed by atoms with Crippen LogP contribution in [0.25, 0.3) is 0 Å². The van der Waals surface area contributed by atoms with Gasteiger partial charge in [-0.25, -0.2) is 4.79 Å². The number of rotatable bonds is 3. The fourth-order valence-electron chi connectivity index (χ4n) is 1.92. The second kappa shape index (κ2) is 6.91. The fraction of sp³-hybridized carbons (Fsp3) is 0.429. The third-order valence-electron chi connectivity index (χ3n) is 2.98. The lowest BCUT2D eigenvalue weighted by Crippen LogP contribution is -2.51. The summed E-state index contributed by atoms with van der Waals surface area (Å²) >= 11 is 0. The van der Waals surface area contributed by atoms with Gasteiger partial charge in [-0.1, -0.05) is 18.2 Å². The average Bonchev–Trinajstić information content (AvgIpc) is 2.48. The van der Waals surface area contributed by atoms with Gasteiger partial charge in [-0.05, 0) is 19.1 Å². The molecule has 1 atom stereocenters. The van der Waals surface area contributed by atoms with Crippen LogP contribution in [0.3, 0.4) is 0 Å². The first-order valence-corrected chi connectivity index (χ1v) is 6.57. The fourth-order valence-corrected chi connectivity index (χ4v) is 1.92. The molecule has 20 heavy (non-hydrogen) atoms. The van der Waals surface area contributed by atoms with E-state index >= 15 is 0 Å². The number of hydrogen-bond acceptors (Lipinski definition) is 4. The number of benzene rings is 1. The smallest absolute Gasteiger partial charge is 0.410 e. The van der Waals surface area contributed by atoms with Crippen LogP contribution in [0.2, 0.25) is 0 Å². The largest absolute Gasteiger partial charge is 0.413 e. The Bertz CT molecular complexity index is 458. The molecule has 1 aliphatic heterocycles. The van der Waals surface area contributed by atoms with Gasteiger partial charge in [-0.2, -0.15) is 0 Å². The minimum Gasteiger partial charge on any atom is -0.410 e. The number of para-hydroxylation sites is 1. The predicted molar refractivity (Wildman–Crippen MR) is 72.5 cm³/mol. The maximum Gasteiger partial charge on any atom is 0.413 e. The summed E-state index contributed by atoms with van der Waals surface area (Å²) in [5.41, 5.74) is 0. The first-order valence-electron chi connectivity index (χ1n) is 6.57. The number of morpholine rings is 1. The normalized spacial score (nSPS) is 16.4. The van der Waals surface area contributed by atoms with Gasteiger partial charge in [-0.15, -0.1) is 0 Å². The Morgan fingerprint density at radius 2 is 1.90 bits per heavy atom. The third-order valence-corrected chi connectivity index (χ3v) is 2.98. The third kappa shape index (κ3) is 3.96. The molecule has 1 N–H and O–H groups in total. The quantitative estimate of drug-likeness (QED) is 0.896. The molecule has 6 nitrogen and oxygen atoms in total. The van der Waals surface area contributed by atoms with Crippen molar-refractivity contribution in [3.8, 4) is 5.75 Å². The van der Waals surface area contributed by atoms with Crippen LogP contribution in [0.1, 0.15) is 6.92 Å². The number of ether oxygens (including phenoxy) is 2. The Kier molecular flexibility index (Phi) is 4.95. The highest BCUT2D eigenvalue weighted by molar-refractivity contribution is 5.85. The first-order chi connectivity index (χ1) is 9.66. The molecule has 1 fully saturated rings. The highest BCUT2D eigenvalue weighted by Gasteiger charge is 2.24. The maximum absolute atomic E-state index is 12.1. The van der Waals surface area contributed by atoms with Crippen LogP contribution >= 0.6 is 0 Å². The maximum atomic E-state index is 12.1. The molecular weight excluding hydrogens is 260 g/mol. The van der Waals surface area contributed by atoms with E-state index in [2.05, 4.69) is 5.32 Å². The van der Waals surface area contributed by atoms with Gasteiger partial charge in [0.15, 0.2) is 0 Å². The number of carbonyl (C=O) groups excluding carboxylic acids is 2. The van der Waals surface area contributed by atoms with Gasteiger partial charge in [-0.3, -0.25) is 4.79 Å². The minimum atomic E-state index is -0.634. The van der Waals surface area contributed by atoms with E-state index < -0.39 is 12.1 Å². The zero-order valence-electron chi connectivity index (χ0n) is 11.4.